The molecule has 5 nitrogen and oxygen atoms in total. The first-order valence-electron chi connectivity index (χ1n) is 6.41. The van der Waals surface area contributed by atoms with E-state index in [-0.39, 0.29) is 29.9 Å². The van der Waals surface area contributed by atoms with E-state index >= 15 is 0 Å². The molecule has 5 heteroatoms. The molecular formula is C13H26N2O3. The Bertz CT molecular complexity index is 281. The number of rotatable bonds is 7. The van der Waals surface area contributed by atoms with Gasteiger partial charge in [-0.1, -0.05) is 13.8 Å². The summed E-state index contributed by atoms with van der Waals surface area (Å²) in [6.07, 6.45) is 0.904. The molecular weight excluding hydrogens is 232 g/mol. The third-order valence-electron chi connectivity index (χ3n) is 3.21. The predicted molar refractivity (Wildman–Crippen MR) is 71.2 cm³/mol. The molecule has 106 valence electrons. The Morgan fingerprint density at radius 2 is 1.83 bits per heavy atom. The van der Waals surface area contributed by atoms with E-state index in [1.54, 1.807) is 6.92 Å². The molecule has 1 amide bonds. The molecule has 3 unspecified atom stereocenters. The largest absolute Gasteiger partial charge is 0.469 e. The van der Waals surface area contributed by atoms with Crippen LogP contribution in [0.4, 0.5) is 0 Å². The smallest absolute Gasteiger partial charge is 0.309 e. The molecule has 3 atom stereocenters. The highest BCUT2D eigenvalue weighted by atomic mass is 16.5. The van der Waals surface area contributed by atoms with E-state index in [9.17, 15) is 9.59 Å². The van der Waals surface area contributed by atoms with E-state index in [1.165, 1.54) is 7.11 Å². The number of ether oxygens (including phenoxy) is 1. The van der Waals surface area contributed by atoms with E-state index < -0.39 is 0 Å². The molecule has 0 bridgehead atoms. The van der Waals surface area contributed by atoms with Crippen LogP contribution < -0.4 is 5.32 Å². The number of amides is 1. The number of hydrogen-bond acceptors (Lipinski definition) is 4. The molecule has 0 saturated carbocycles. The minimum absolute atomic E-state index is 0.0103. The molecule has 0 aliphatic carbocycles. The SMILES string of the molecule is CCC(C)NC(=O)C(C)N(C)CC(C)C(=O)OC. The fraction of sp³-hybridized carbons (Fsp3) is 0.846. The number of likely N-dealkylation sites (N-methyl/N-ethyl adjacent to an activating group) is 1. The van der Waals surface area contributed by atoms with Crippen LogP contribution in [0.5, 0.6) is 0 Å². The minimum atomic E-state index is -0.258. The molecule has 0 saturated heterocycles. The van der Waals surface area contributed by atoms with Crippen molar-refractivity contribution in [2.45, 2.75) is 46.2 Å². The Hall–Kier alpha value is -1.10. The van der Waals surface area contributed by atoms with Crippen LogP contribution in [0, 0.1) is 5.92 Å². The van der Waals surface area contributed by atoms with Crippen molar-refractivity contribution < 1.29 is 14.3 Å². The molecule has 18 heavy (non-hydrogen) atoms. The summed E-state index contributed by atoms with van der Waals surface area (Å²) in [6.45, 7) is 8.13. The van der Waals surface area contributed by atoms with Gasteiger partial charge in [-0.25, -0.2) is 0 Å². The molecule has 0 rings (SSSR count). The Balaban J connectivity index is 4.28. The van der Waals surface area contributed by atoms with Crippen LogP contribution in [0.2, 0.25) is 0 Å². The van der Waals surface area contributed by atoms with Crippen molar-refractivity contribution in [3.63, 3.8) is 0 Å². The van der Waals surface area contributed by atoms with Gasteiger partial charge in [0, 0.05) is 12.6 Å². The molecule has 0 fully saturated rings. The van der Waals surface area contributed by atoms with Crippen molar-refractivity contribution in [3.8, 4) is 0 Å². The second-order valence-corrected chi connectivity index (χ2v) is 4.86. The molecule has 0 aromatic heterocycles. The number of hydrogen-bond donors (Lipinski definition) is 1. The topological polar surface area (TPSA) is 58.6 Å². The second-order valence-electron chi connectivity index (χ2n) is 4.86. The third-order valence-corrected chi connectivity index (χ3v) is 3.21. The summed E-state index contributed by atoms with van der Waals surface area (Å²) in [4.78, 5) is 25.1. The molecule has 0 radical (unpaired) electrons. The molecule has 0 aliphatic rings. The van der Waals surface area contributed by atoms with Gasteiger partial charge in [-0.3, -0.25) is 14.5 Å². The number of carbonyl (C=O) groups excluding carboxylic acids is 2. The lowest BCUT2D eigenvalue weighted by atomic mass is 10.1. The third kappa shape index (κ3) is 5.49. The predicted octanol–water partition coefficient (Wildman–Crippen LogP) is 1.03. The lowest BCUT2D eigenvalue weighted by Crippen LogP contribution is -2.47. The molecule has 1 N–H and O–H groups in total. The maximum absolute atomic E-state index is 11.9. The monoisotopic (exact) mass is 258 g/mol. The lowest BCUT2D eigenvalue weighted by molar-refractivity contribution is -0.146. The van der Waals surface area contributed by atoms with Crippen LogP contribution in [0.25, 0.3) is 0 Å². The van der Waals surface area contributed by atoms with Crippen LogP contribution >= 0.6 is 0 Å². The lowest BCUT2D eigenvalue weighted by Gasteiger charge is -2.26. The van der Waals surface area contributed by atoms with Gasteiger partial charge in [-0.15, -0.1) is 0 Å². The fourth-order valence-electron chi connectivity index (χ4n) is 1.53. The van der Waals surface area contributed by atoms with Gasteiger partial charge in [0.1, 0.15) is 0 Å². The average Bonchev–Trinajstić information content (AvgIpc) is 2.35. The summed E-state index contributed by atoms with van der Waals surface area (Å²) >= 11 is 0. The maximum Gasteiger partial charge on any atom is 0.309 e. The van der Waals surface area contributed by atoms with Gasteiger partial charge in [0.15, 0.2) is 0 Å². The first kappa shape index (κ1) is 16.9. The second kappa shape index (κ2) is 8.08. The Morgan fingerprint density at radius 3 is 2.28 bits per heavy atom. The van der Waals surface area contributed by atoms with Crippen molar-refractivity contribution in [3.05, 3.63) is 0 Å². The van der Waals surface area contributed by atoms with Gasteiger partial charge < -0.3 is 10.1 Å². The van der Waals surface area contributed by atoms with Crippen molar-refractivity contribution in [1.29, 1.82) is 0 Å². The molecule has 0 aliphatic heterocycles. The van der Waals surface area contributed by atoms with Gasteiger partial charge in [-0.2, -0.15) is 0 Å². The summed E-state index contributed by atoms with van der Waals surface area (Å²) < 4.78 is 4.67. The zero-order valence-corrected chi connectivity index (χ0v) is 12.3. The molecule has 0 aromatic carbocycles. The zero-order chi connectivity index (χ0) is 14.3. The zero-order valence-electron chi connectivity index (χ0n) is 12.3. The summed E-state index contributed by atoms with van der Waals surface area (Å²) in [5.41, 5.74) is 0. The number of methoxy groups -OCH3 is 1. The quantitative estimate of drug-likeness (QED) is 0.693. The van der Waals surface area contributed by atoms with E-state index in [0.29, 0.717) is 6.54 Å². The van der Waals surface area contributed by atoms with Crippen LogP contribution in [0.3, 0.4) is 0 Å². The van der Waals surface area contributed by atoms with E-state index in [2.05, 4.69) is 10.1 Å². The highest BCUT2D eigenvalue weighted by Gasteiger charge is 2.23. The van der Waals surface area contributed by atoms with Crippen molar-refractivity contribution in [2.75, 3.05) is 20.7 Å². The van der Waals surface area contributed by atoms with E-state index in [4.69, 9.17) is 0 Å². The summed E-state index contributed by atoms with van der Waals surface area (Å²) in [7, 11) is 3.21. The summed E-state index contributed by atoms with van der Waals surface area (Å²) in [5, 5.41) is 2.93. The van der Waals surface area contributed by atoms with Crippen LogP contribution in [0.15, 0.2) is 0 Å². The summed E-state index contributed by atoms with van der Waals surface area (Å²) in [5.74, 6) is -0.501. The van der Waals surface area contributed by atoms with E-state index in [0.717, 1.165) is 6.42 Å². The van der Waals surface area contributed by atoms with Gasteiger partial charge in [-0.05, 0) is 27.3 Å². The van der Waals surface area contributed by atoms with Gasteiger partial charge in [0.2, 0.25) is 5.91 Å². The normalized spacial score (nSPS) is 15.9. The highest BCUT2D eigenvalue weighted by molar-refractivity contribution is 5.81. The van der Waals surface area contributed by atoms with Gasteiger partial charge >= 0.3 is 5.97 Å². The average molecular weight is 258 g/mol. The first-order chi connectivity index (χ1) is 8.33. The van der Waals surface area contributed by atoms with Crippen molar-refractivity contribution in [1.82, 2.24) is 10.2 Å². The molecule has 0 spiro atoms. The number of carbonyl (C=O) groups is 2. The number of nitrogens with one attached hydrogen (secondary N) is 1. The fourth-order valence-corrected chi connectivity index (χ4v) is 1.53. The first-order valence-corrected chi connectivity index (χ1v) is 6.41. The highest BCUT2D eigenvalue weighted by Crippen LogP contribution is 2.05. The molecule has 0 heterocycles. The van der Waals surface area contributed by atoms with Crippen molar-refractivity contribution in [2.24, 2.45) is 5.92 Å². The minimum Gasteiger partial charge on any atom is -0.469 e. The summed E-state index contributed by atoms with van der Waals surface area (Å²) in [6, 6.07) is -0.0857. The number of nitrogens with zero attached hydrogens (tertiary/aromatic N) is 1. The van der Waals surface area contributed by atoms with Gasteiger partial charge in [0.05, 0.1) is 19.1 Å². The Kier molecular flexibility index (Phi) is 7.59. The standard InChI is InChI=1S/C13H26N2O3/c1-7-10(3)14-12(16)11(4)15(5)8-9(2)13(17)18-6/h9-11H,7-8H2,1-6H3,(H,14,16). The van der Waals surface area contributed by atoms with Crippen molar-refractivity contribution >= 4 is 11.9 Å². The van der Waals surface area contributed by atoms with Crippen LogP contribution in [-0.2, 0) is 14.3 Å². The number of esters is 1. The maximum atomic E-state index is 11.9. The Morgan fingerprint density at radius 1 is 1.28 bits per heavy atom. The van der Waals surface area contributed by atoms with Crippen LogP contribution in [-0.4, -0.2) is 49.6 Å². The van der Waals surface area contributed by atoms with Gasteiger partial charge in [0.25, 0.3) is 0 Å². The Labute approximate surface area is 110 Å². The van der Waals surface area contributed by atoms with E-state index in [1.807, 2.05) is 32.7 Å². The molecule has 0 aromatic rings. The van der Waals surface area contributed by atoms with Crippen LogP contribution in [0.1, 0.15) is 34.1 Å².